The van der Waals surface area contributed by atoms with Gasteiger partial charge in [-0.1, -0.05) is 53.5 Å². The molecule has 0 aromatic heterocycles. The van der Waals surface area contributed by atoms with Crippen LogP contribution in [0.5, 0.6) is 0 Å². The minimum atomic E-state index is -0.995. The summed E-state index contributed by atoms with van der Waals surface area (Å²) < 4.78 is 0. The number of hydrogen-bond donors (Lipinski definition) is 2. The monoisotopic (exact) mass is 451 g/mol. The highest BCUT2D eigenvalue weighted by Gasteiger charge is 2.36. The fourth-order valence-electron chi connectivity index (χ4n) is 4.38. The number of carboxylic acid groups (broad SMARTS) is 1. The molecule has 0 radical (unpaired) electrons. The van der Waals surface area contributed by atoms with E-state index in [1.807, 2.05) is 27.7 Å². The number of carboxylic acids is 1. The first-order chi connectivity index (χ1) is 15.0. The molecule has 1 heterocycles. The summed E-state index contributed by atoms with van der Waals surface area (Å²) in [6.07, 6.45) is 6.28. The van der Waals surface area contributed by atoms with Crippen molar-refractivity contribution < 1.29 is 19.5 Å². The molecule has 0 spiro atoms. The third-order valence-electron chi connectivity index (χ3n) is 7.02. The second-order valence-corrected chi connectivity index (χ2v) is 9.72. The maximum absolute atomic E-state index is 13.6. The van der Waals surface area contributed by atoms with E-state index in [-0.39, 0.29) is 41.3 Å². The first-order valence-electron chi connectivity index (χ1n) is 12.2. The van der Waals surface area contributed by atoms with Gasteiger partial charge in [-0.2, -0.15) is 0 Å². The van der Waals surface area contributed by atoms with Gasteiger partial charge in [0.15, 0.2) is 0 Å². The number of carbonyl (C=O) groups is 3. The summed E-state index contributed by atoms with van der Waals surface area (Å²) in [6.45, 7) is 14.6. The minimum Gasteiger partial charge on any atom is -0.478 e. The van der Waals surface area contributed by atoms with Crippen LogP contribution in [0.4, 0.5) is 0 Å². The average molecular weight is 452 g/mol. The van der Waals surface area contributed by atoms with Gasteiger partial charge in [-0.25, -0.2) is 4.79 Å². The van der Waals surface area contributed by atoms with E-state index >= 15 is 0 Å². The summed E-state index contributed by atoms with van der Waals surface area (Å²) in [6, 6.07) is -0.898. The van der Waals surface area contributed by atoms with E-state index < -0.39 is 12.0 Å². The largest absolute Gasteiger partial charge is 0.478 e. The molecule has 2 N–H and O–H groups in total. The normalized spacial score (nSPS) is 21.5. The maximum atomic E-state index is 13.6. The minimum absolute atomic E-state index is 0.0331. The van der Waals surface area contributed by atoms with E-state index in [2.05, 4.69) is 24.1 Å². The highest BCUT2D eigenvalue weighted by Crippen LogP contribution is 2.23. The van der Waals surface area contributed by atoms with Crippen LogP contribution in [0, 0.1) is 11.8 Å². The molecule has 1 saturated heterocycles. The molecule has 1 aliphatic heterocycles. The van der Waals surface area contributed by atoms with E-state index in [0.717, 1.165) is 38.6 Å². The lowest BCUT2D eigenvalue weighted by molar-refractivity contribution is -0.140. The fraction of sp³-hybridized carbons (Fsp3) is 0.800. The molecule has 1 aliphatic rings. The van der Waals surface area contributed by atoms with Crippen LogP contribution in [0.1, 0.15) is 80.6 Å². The van der Waals surface area contributed by atoms with Gasteiger partial charge in [-0.15, -0.1) is 0 Å². The van der Waals surface area contributed by atoms with Crippen LogP contribution in [0.2, 0.25) is 0 Å². The van der Waals surface area contributed by atoms with Gasteiger partial charge in [0.05, 0.1) is 12.1 Å². The van der Waals surface area contributed by atoms with Crippen LogP contribution in [0.3, 0.4) is 0 Å². The number of amides is 2. The quantitative estimate of drug-likeness (QED) is 0.468. The molecule has 0 aliphatic carbocycles. The molecule has 5 atom stereocenters. The van der Waals surface area contributed by atoms with Crippen LogP contribution >= 0.6 is 0 Å². The summed E-state index contributed by atoms with van der Waals surface area (Å²) in [5, 5.41) is 12.4. The number of carbonyl (C=O) groups excluding carboxylic acids is 2. The van der Waals surface area contributed by atoms with Gasteiger partial charge in [-0.3, -0.25) is 14.5 Å². The number of likely N-dealkylation sites (N-methyl/N-ethyl adjacent to an activating group) is 1. The average Bonchev–Trinajstić information content (AvgIpc) is 2.78. The van der Waals surface area contributed by atoms with Gasteiger partial charge in [0.2, 0.25) is 11.8 Å². The lowest BCUT2D eigenvalue weighted by atomic mass is 9.93. The second kappa shape index (κ2) is 13.0. The molecule has 1 rings (SSSR count). The maximum Gasteiger partial charge on any atom is 0.331 e. The van der Waals surface area contributed by atoms with Crippen molar-refractivity contribution in [3.8, 4) is 0 Å². The SMILES string of the molecule is CCC(C)N1CCCCC1C(=O)NC(C(=O)N(C)C(/C=C(\C)C(=O)O)C(C)C)[C@@H](C)CC. The third kappa shape index (κ3) is 7.32. The first kappa shape index (κ1) is 28.1. The van der Waals surface area contributed by atoms with Crippen molar-refractivity contribution >= 4 is 17.8 Å². The van der Waals surface area contributed by atoms with Gasteiger partial charge in [0.25, 0.3) is 0 Å². The molecule has 0 bridgehead atoms. The summed E-state index contributed by atoms with van der Waals surface area (Å²) in [4.78, 5) is 42.1. The van der Waals surface area contributed by atoms with Crippen molar-refractivity contribution in [2.24, 2.45) is 11.8 Å². The summed E-state index contributed by atoms with van der Waals surface area (Å²) in [7, 11) is 1.70. The molecular formula is C25H45N3O4. The Kier molecular flexibility index (Phi) is 11.4. The molecule has 0 aromatic rings. The number of nitrogens with zero attached hydrogens (tertiary/aromatic N) is 2. The zero-order valence-corrected chi connectivity index (χ0v) is 21.4. The first-order valence-corrected chi connectivity index (χ1v) is 12.2. The highest BCUT2D eigenvalue weighted by atomic mass is 16.4. The Labute approximate surface area is 194 Å². The topological polar surface area (TPSA) is 90.0 Å². The molecule has 0 aromatic carbocycles. The Bertz CT molecular complexity index is 676. The van der Waals surface area contributed by atoms with Crippen molar-refractivity contribution in [3.05, 3.63) is 11.6 Å². The van der Waals surface area contributed by atoms with Gasteiger partial charge >= 0.3 is 5.97 Å². The van der Waals surface area contributed by atoms with Crippen molar-refractivity contribution in [2.75, 3.05) is 13.6 Å². The highest BCUT2D eigenvalue weighted by molar-refractivity contribution is 5.90. The van der Waals surface area contributed by atoms with Crippen molar-refractivity contribution in [3.63, 3.8) is 0 Å². The smallest absolute Gasteiger partial charge is 0.331 e. The Morgan fingerprint density at radius 1 is 1.12 bits per heavy atom. The number of hydrogen-bond acceptors (Lipinski definition) is 4. The van der Waals surface area contributed by atoms with E-state index in [0.29, 0.717) is 6.04 Å². The number of likely N-dealkylation sites (tertiary alicyclic amines) is 1. The van der Waals surface area contributed by atoms with E-state index in [9.17, 15) is 19.5 Å². The fourth-order valence-corrected chi connectivity index (χ4v) is 4.38. The molecule has 2 amide bonds. The second-order valence-electron chi connectivity index (χ2n) is 9.72. The van der Waals surface area contributed by atoms with Gasteiger partial charge in [-0.05, 0) is 51.5 Å². The van der Waals surface area contributed by atoms with Crippen LogP contribution in [-0.2, 0) is 14.4 Å². The van der Waals surface area contributed by atoms with Crippen LogP contribution in [0.15, 0.2) is 11.6 Å². The molecule has 1 fully saturated rings. The van der Waals surface area contributed by atoms with E-state index in [1.54, 1.807) is 18.0 Å². The summed E-state index contributed by atoms with van der Waals surface area (Å²) in [5.41, 5.74) is 0.207. The summed E-state index contributed by atoms with van der Waals surface area (Å²) in [5.74, 6) is -1.24. The van der Waals surface area contributed by atoms with Gasteiger partial charge in [0.1, 0.15) is 6.04 Å². The predicted molar refractivity (Wildman–Crippen MR) is 128 cm³/mol. The predicted octanol–water partition coefficient (Wildman–Crippen LogP) is 3.68. The number of aliphatic carboxylic acids is 1. The van der Waals surface area contributed by atoms with Crippen LogP contribution in [0.25, 0.3) is 0 Å². The standard InChI is InChI=1S/C25H45N3O4/c1-9-17(5)22(24(30)27(8)21(16(3)4)15-18(6)25(31)32)26-23(29)20-13-11-12-14-28(20)19(7)10-2/h15-17,19-22H,9-14H2,1-8H3,(H,26,29)(H,31,32)/b18-15+/t17-,19?,20?,21?,22?/m0/s1. The number of nitrogens with one attached hydrogen (secondary N) is 1. The zero-order chi connectivity index (χ0) is 24.6. The van der Waals surface area contributed by atoms with Gasteiger partial charge in [0, 0.05) is 18.7 Å². The van der Waals surface area contributed by atoms with E-state index in [4.69, 9.17) is 0 Å². The van der Waals surface area contributed by atoms with Crippen LogP contribution < -0.4 is 5.32 Å². The molecule has 4 unspecified atom stereocenters. The Balaban J connectivity index is 3.13. The Morgan fingerprint density at radius 2 is 1.75 bits per heavy atom. The zero-order valence-electron chi connectivity index (χ0n) is 21.4. The molecule has 7 heteroatoms. The molecule has 184 valence electrons. The molecule has 0 saturated carbocycles. The Hall–Kier alpha value is -1.89. The number of rotatable bonds is 11. The Morgan fingerprint density at radius 3 is 2.25 bits per heavy atom. The third-order valence-corrected chi connectivity index (χ3v) is 7.02. The summed E-state index contributed by atoms with van der Waals surface area (Å²) >= 11 is 0. The van der Waals surface area contributed by atoms with Crippen molar-refractivity contribution in [1.82, 2.24) is 15.1 Å². The lowest BCUT2D eigenvalue weighted by Crippen LogP contribution is -2.59. The lowest BCUT2D eigenvalue weighted by Gasteiger charge is -2.40. The van der Waals surface area contributed by atoms with Crippen molar-refractivity contribution in [2.45, 2.75) is 105 Å². The molecule has 7 nitrogen and oxygen atoms in total. The molecular weight excluding hydrogens is 406 g/mol. The van der Waals surface area contributed by atoms with Gasteiger partial charge < -0.3 is 15.3 Å². The number of piperidine rings is 1. The molecule has 32 heavy (non-hydrogen) atoms. The van der Waals surface area contributed by atoms with Crippen LogP contribution in [-0.4, -0.2) is 70.4 Å². The van der Waals surface area contributed by atoms with E-state index in [1.165, 1.54) is 6.92 Å². The van der Waals surface area contributed by atoms with Crippen molar-refractivity contribution in [1.29, 1.82) is 0 Å².